The van der Waals surface area contributed by atoms with Gasteiger partial charge in [-0.05, 0) is 79.2 Å². The molecule has 0 aromatic heterocycles. The fourth-order valence-corrected chi connectivity index (χ4v) is 3.05. The molecule has 0 spiro atoms. The van der Waals surface area contributed by atoms with E-state index in [9.17, 15) is 0 Å². The number of nitrogens with one attached hydrogen (secondary N) is 1. The highest BCUT2D eigenvalue weighted by Crippen LogP contribution is 2.31. The zero-order valence-corrected chi connectivity index (χ0v) is 13.3. The summed E-state index contributed by atoms with van der Waals surface area (Å²) in [4.78, 5) is 2.41. The highest BCUT2D eigenvalue weighted by molar-refractivity contribution is 14.1. The third-order valence-electron chi connectivity index (χ3n) is 3.89. The molecule has 1 heterocycles. The number of nitrogen functional groups attached to an aromatic ring is 1. The molecular weight excluding hydrogens is 337 g/mol. The summed E-state index contributed by atoms with van der Waals surface area (Å²) in [6.45, 7) is 5.84. The summed E-state index contributed by atoms with van der Waals surface area (Å²) in [5, 5.41) is 3.58. The number of nitrogens with zero attached hydrogens (tertiary/aromatic N) is 1. The lowest BCUT2D eigenvalue weighted by molar-refractivity contribution is 0.150. The van der Waals surface area contributed by atoms with Crippen LogP contribution in [0.5, 0.6) is 0 Å². The van der Waals surface area contributed by atoms with Crippen molar-refractivity contribution >= 4 is 34.0 Å². The van der Waals surface area contributed by atoms with Gasteiger partial charge in [0.15, 0.2) is 0 Å². The molecule has 18 heavy (non-hydrogen) atoms. The van der Waals surface area contributed by atoms with Gasteiger partial charge in [-0.2, -0.15) is 0 Å². The molecule has 0 aliphatic carbocycles. The Bertz CT molecular complexity index is 412. The Kier molecular flexibility index (Phi) is 4.37. The molecule has 4 heteroatoms. The molecular formula is C14H22IN3. The normalized spacial score (nSPS) is 19.7. The van der Waals surface area contributed by atoms with Gasteiger partial charge in [-0.25, -0.2) is 0 Å². The molecule has 1 aliphatic rings. The van der Waals surface area contributed by atoms with Gasteiger partial charge >= 0.3 is 0 Å². The van der Waals surface area contributed by atoms with Crippen LogP contribution in [0.1, 0.15) is 19.8 Å². The minimum absolute atomic E-state index is 0.414. The van der Waals surface area contributed by atoms with Crippen molar-refractivity contribution < 1.29 is 0 Å². The summed E-state index contributed by atoms with van der Waals surface area (Å²) in [6.07, 6.45) is 2.53. The molecule has 1 fully saturated rings. The molecule has 1 aromatic rings. The standard InChI is InChI=1S/C14H22IN3/c1-14(5-7-18(2)8-6-14)10-17-13-4-3-11(16)9-12(13)15/h3-4,9,17H,5-8,10,16H2,1-2H3. The number of hydrogen-bond donors (Lipinski definition) is 2. The summed E-state index contributed by atoms with van der Waals surface area (Å²) in [6, 6.07) is 6.05. The number of rotatable bonds is 3. The van der Waals surface area contributed by atoms with E-state index in [1.165, 1.54) is 35.2 Å². The van der Waals surface area contributed by atoms with Gasteiger partial charge in [0, 0.05) is 21.5 Å². The van der Waals surface area contributed by atoms with E-state index in [4.69, 9.17) is 5.73 Å². The minimum atomic E-state index is 0.414. The van der Waals surface area contributed by atoms with E-state index in [-0.39, 0.29) is 0 Å². The second-order valence-corrected chi connectivity index (χ2v) is 6.87. The Balaban J connectivity index is 1.94. The molecule has 100 valence electrons. The number of anilines is 2. The maximum absolute atomic E-state index is 5.77. The number of benzene rings is 1. The third-order valence-corrected chi connectivity index (χ3v) is 4.79. The lowest BCUT2D eigenvalue weighted by atomic mass is 9.80. The Morgan fingerprint density at radius 2 is 2.06 bits per heavy atom. The molecule has 0 atom stereocenters. The SMILES string of the molecule is CN1CCC(C)(CNc2ccc(N)cc2I)CC1. The van der Waals surface area contributed by atoms with Crippen molar-refractivity contribution in [1.82, 2.24) is 4.90 Å². The fourth-order valence-electron chi connectivity index (χ4n) is 2.32. The van der Waals surface area contributed by atoms with E-state index >= 15 is 0 Å². The Morgan fingerprint density at radius 1 is 1.39 bits per heavy atom. The first-order chi connectivity index (χ1) is 8.48. The Morgan fingerprint density at radius 3 is 2.67 bits per heavy atom. The molecule has 0 radical (unpaired) electrons. The summed E-state index contributed by atoms with van der Waals surface area (Å²) >= 11 is 2.34. The first-order valence-corrected chi connectivity index (χ1v) is 7.54. The van der Waals surface area contributed by atoms with Gasteiger partial charge in [0.1, 0.15) is 0 Å². The lowest BCUT2D eigenvalue weighted by Crippen LogP contribution is -2.40. The quantitative estimate of drug-likeness (QED) is 0.644. The van der Waals surface area contributed by atoms with Gasteiger partial charge in [0.25, 0.3) is 0 Å². The fraction of sp³-hybridized carbons (Fsp3) is 0.571. The number of nitrogens with two attached hydrogens (primary N) is 1. The van der Waals surface area contributed by atoms with E-state index in [2.05, 4.69) is 52.8 Å². The second kappa shape index (κ2) is 5.65. The zero-order chi connectivity index (χ0) is 13.2. The van der Waals surface area contributed by atoms with Gasteiger partial charge in [0.05, 0.1) is 0 Å². The maximum Gasteiger partial charge on any atom is 0.0477 e. The van der Waals surface area contributed by atoms with Crippen LogP contribution in [0.3, 0.4) is 0 Å². The van der Waals surface area contributed by atoms with E-state index in [0.29, 0.717) is 5.41 Å². The predicted molar refractivity (Wildman–Crippen MR) is 86.9 cm³/mol. The number of halogens is 1. The van der Waals surface area contributed by atoms with Crippen LogP contribution in [0.4, 0.5) is 11.4 Å². The molecule has 1 aliphatic heterocycles. The van der Waals surface area contributed by atoms with Crippen molar-refractivity contribution in [2.45, 2.75) is 19.8 Å². The predicted octanol–water partition coefficient (Wildman–Crippen LogP) is 3.02. The number of hydrogen-bond acceptors (Lipinski definition) is 3. The number of piperidine rings is 1. The van der Waals surface area contributed by atoms with Gasteiger partial charge in [-0.1, -0.05) is 6.92 Å². The summed E-state index contributed by atoms with van der Waals surface area (Å²) in [5.74, 6) is 0. The van der Waals surface area contributed by atoms with Crippen molar-refractivity contribution in [3.05, 3.63) is 21.8 Å². The highest BCUT2D eigenvalue weighted by atomic mass is 127. The van der Waals surface area contributed by atoms with Gasteiger partial charge in [-0.15, -0.1) is 0 Å². The van der Waals surface area contributed by atoms with Crippen molar-refractivity contribution in [3.63, 3.8) is 0 Å². The Labute approximate surface area is 123 Å². The first-order valence-electron chi connectivity index (χ1n) is 6.46. The van der Waals surface area contributed by atoms with Crippen LogP contribution in [-0.2, 0) is 0 Å². The largest absolute Gasteiger partial charge is 0.399 e. The molecule has 1 saturated heterocycles. The highest BCUT2D eigenvalue weighted by Gasteiger charge is 2.28. The zero-order valence-electron chi connectivity index (χ0n) is 11.2. The maximum atomic E-state index is 5.77. The molecule has 3 nitrogen and oxygen atoms in total. The van der Waals surface area contributed by atoms with Crippen LogP contribution in [0.2, 0.25) is 0 Å². The molecule has 0 unspecified atom stereocenters. The van der Waals surface area contributed by atoms with Crippen LogP contribution in [0.25, 0.3) is 0 Å². The average Bonchev–Trinajstić information content (AvgIpc) is 2.32. The van der Waals surface area contributed by atoms with E-state index in [0.717, 1.165) is 12.2 Å². The van der Waals surface area contributed by atoms with E-state index < -0.39 is 0 Å². The topological polar surface area (TPSA) is 41.3 Å². The van der Waals surface area contributed by atoms with Crippen molar-refractivity contribution in [1.29, 1.82) is 0 Å². The molecule has 0 amide bonds. The second-order valence-electron chi connectivity index (χ2n) is 5.71. The van der Waals surface area contributed by atoms with Crippen LogP contribution in [0.15, 0.2) is 18.2 Å². The van der Waals surface area contributed by atoms with Gasteiger partial charge in [-0.3, -0.25) is 0 Å². The van der Waals surface area contributed by atoms with E-state index in [1.54, 1.807) is 0 Å². The third kappa shape index (κ3) is 3.51. The lowest BCUT2D eigenvalue weighted by Gasteiger charge is -2.38. The molecule has 2 rings (SSSR count). The smallest absolute Gasteiger partial charge is 0.0477 e. The minimum Gasteiger partial charge on any atom is -0.399 e. The molecule has 0 bridgehead atoms. The first kappa shape index (κ1) is 13.9. The van der Waals surface area contributed by atoms with Gasteiger partial charge < -0.3 is 16.0 Å². The van der Waals surface area contributed by atoms with Crippen LogP contribution in [0, 0.1) is 8.99 Å². The van der Waals surface area contributed by atoms with Crippen molar-refractivity contribution in [2.24, 2.45) is 5.41 Å². The molecule has 3 N–H and O–H groups in total. The summed E-state index contributed by atoms with van der Waals surface area (Å²) < 4.78 is 1.20. The molecule has 1 aromatic carbocycles. The Hall–Kier alpha value is -0.490. The van der Waals surface area contributed by atoms with E-state index in [1.807, 2.05) is 12.1 Å². The van der Waals surface area contributed by atoms with Gasteiger partial charge in [0.2, 0.25) is 0 Å². The molecule has 0 saturated carbocycles. The van der Waals surface area contributed by atoms with Crippen LogP contribution in [-0.4, -0.2) is 31.6 Å². The number of likely N-dealkylation sites (tertiary alicyclic amines) is 1. The van der Waals surface area contributed by atoms with Crippen LogP contribution < -0.4 is 11.1 Å². The average molecular weight is 359 g/mol. The summed E-state index contributed by atoms with van der Waals surface area (Å²) in [5.41, 5.74) is 8.21. The monoisotopic (exact) mass is 359 g/mol. The van der Waals surface area contributed by atoms with Crippen molar-refractivity contribution in [2.75, 3.05) is 37.7 Å². The van der Waals surface area contributed by atoms with Crippen molar-refractivity contribution in [3.8, 4) is 0 Å². The van der Waals surface area contributed by atoms with Crippen LogP contribution >= 0.6 is 22.6 Å². The summed E-state index contributed by atoms with van der Waals surface area (Å²) in [7, 11) is 2.20.